The van der Waals surface area contributed by atoms with Gasteiger partial charge in [-0.1, -0.05) is 29.3 Å². The number of carbonyl (C=O) groups excluding carboxylic acids is 1. The van der Waals surface area contributed by atoms with E-state index in [4.69, 9.17) is 37.4 Å². The molecule has 1 atom stereocenters. The van der Waals surface area contributed by atoms with Gasteiger partial charge in [-0.25, -0.2) is 4.79 Å². The number of rotatable bonds is 4. The maximum Gasteiger partial charge on any atom is 0.344 e. The second-order valence-electron chi connectivity index (χ2n) is 4.80. The normalized spacial score (nSPS) is 15.8. The Kier molecular flexibility index (Phi) is 4.24. The van der Waals surface area contributed by atoms with Crippen LogP contribution in [-0.2, 0) is 4.74 Å². The van der Waals surface area contributed by atoms with Gasteiger partial charge in [0.2, 0.25) is 6.23 Å². The van der Waals surface area contributed by atoms with Gasteiger partial charge in [0.25, 0.3) is 0 Å². The van der Waals surface area contributed by atoms with Crippen molar-refractivity contribution in [2.45, 2.75) is 6.23 Å². The zero-order valence-electron chi connectivity index (χ0n) is 12.4. The van der Waals surface area contributed by atoms with Gasteiger partial charge < -0.3 is 19.5 Å². The van der Waals surface area contributed by atoms with Crippen LogP contribution in [0.5, 0.6) is 11.5 Å². The van der Waals surface area contributed by atoms with Crippen molar-refractivity contribution in [2.75, 3.05) is 19.5 Å². The van der Waals surface area contributed by atoms with E-state index in [1.54, 1.807) is 30.3 Å². The maximum absolute atomic E-state index is 12.2. The standard InChI is InChI=1S/C16H13Cl2NO4/c1-21-11-7-6-8-12(14(11)22-2)16(20)23-15(8)19-10-5-3-4-9(17)13(10)18/h3-7,15,19H,1-2H3/t15-/m0/s1. The zero-order valence-corrected chi connectivity index (χ0v) is 13.9. The second-order valence-corrected chi connectivity index (χ2v) is 5.58. The number of anilines is 1. The van der Waals surface area contributed by atoms with Crippen LogP contribution in [0.2, 0.25) is 10.0 Å². The van der Waals surface area contributed by atoms with Crippen LogP contribution in [0.1, 0.15) is 22.1 Å². The Labute approximate surface area is 143 Å². The van der Waals surface area contributed by atoms with Gasteiger partial charge >= 0.3 is 5.97 Å². The van der Waals surface area contributed by atoms with Crippen molar-refractivity contribution < 1.29 is 19.0 Å². The van der Waals surface area contributed by atoms with E-state index < -0.39 is 12.2 Å². The van der Waals surface area contributed by atoms with E-state index in [1.165, 1.54) is 14.2 Å². The third-order valence-corrected chi connectivity index (χ3v) is 4.35. The lowest BCUT2D eigenvalue weighted by Gasteiger charge is -2.16. The summed E-state index contributed by atoms with van der Waals surface area (Å²) in [6, 6.07) is 8.65. The van der Waals surface area contributed by atoms with Crippen molar-refractivity contribution in [1.82, 2.24) is 0 Å². The third kappa shape index (κ3) is 2.66. The molecule has 7 heteroatoms. The van der Waals surface area contributed by atoms with Crippen molar-refractivity contribution >= 4 is 34.9 Å². The molecule has 0 bridgehead atoms. The van der Waals surface area contributed by atoms with Gasteiger partial charge in [-0.3, -0.25) is 0 Å². The summed E-state index contributed by atoms with van der Waals surface area (Å²) in [6.45, 7) is 0. The fourth-order valence-electron chi connectivity index (χ4n) is 2.46. The number of halogens is 2. The molecule has 0 fully saturated rings. The molecule has 2 aromatic carbocycles. The number of ether oxygens (including phenoxy) is 3. The molecule has 0 unspecified atom stereocenters. The fourth-order valence-corrected chi connectivity index (χ4v) is 2.82. The summed E-state index contributed by atoms with van der Waals surface area (Å²) in [7, 11) is 2.98. The van der Waals surface area contributed by atoms with E-state index in [-0.39, 0.29) is 0 Å². The van der Waals surface area contributed by atoms with Crippen molar-refractivity contribution in [3.05, 3.63) is 51.5 Å². The zero-order chi connectivity index (χ0) is 16.6. The average Bonchev–Trinajstić information content (AvgIpc) is 2.87. The van der Waals surface area contributed by atoms with Gasteiger partial charge in [0, 0.05) is 5.56 Å². The van der Waals surface area contributed by atoms with Crippen LogP contribution in [-0.4, -0.2) is 20.2 Å². The molecular weight excluding hydrogens is 341 g/mol. The van der Waals surface area contributed by atoms with Gasteiger partial charge in [-0.15, -0.1) is 0 Å². The lowest BCUT2D eigenvalue weighted by atomic mass is 10.1. The SMILES string of the molecule is COc1ccc2c(c1OC)C(=O)O[C@@H]2Nc1cccc(Cl)c1Cl. The van der Waals surface area contributed by atoms with Crippen molar-refractivity contribution in [1.29, 1.82) is 0 Å². The minimum atomic E-state index is -0.687. The molecule has 0 spiro atoms. The van der Waals surface area contributed by atoms with E-state index in [1.807, 2.05) is 0 Å². The Morgan fingerprint density at radius 2 is 1.91 bits per heavy atom. The molecular formula is C16H13Cl2NO4. The number of benzene rings is 2. The van der Waals surface area contributed by atoms with Crippen LogP contribution in [0.3, 0.4) is 0 Å². The molecule has 5 nitrogen and oxygen atoms in total. The summed E-state index contributed by atoms with van der Waals surface area (Å²) in [6.07, 6.45) is -0.687. The first-order valence-electron chi connectivity index (χ1n) is 6.73. The fraction of sp³-hybridized carbons (Fsp3) is 0.188. The molecule has 120 valence electrons. The van der Waals surface area contributed by atoms with Crippen molar-refractivity contribution in [3.8, 4) is 11.5 Å². The highest BCUT2D eigenvalue weighted by molar-refractivity contribution is 6.43. The number of methoxy groups -OCH3 is 2. The van der Waals surface area contributed by atoms with E-state index in [0.29, 0.717) is 38.4 Å². The predicted molar refractivity (Wildman–Crippen MR) is 87.8 cm³/mol. The monoisotopic (exact) mass is 353 g/mol. The maximum atomic E-state index is 12.2. The predicted octanol–water partition coefficient (Wildman–Crippen LogP) is 4.29. The molecule has 0 saturated carbocycles. The summed E-state index contributed by atoms with van der Waals surface area (Å²) in [5.41, 5.74) is 1.55. The summed E-state index contributed by atoms with van der Waals surface area (Å²) in [4.78, 5) is 12.2. The molecule has 0 aliphatic carbocycles. The first-order valence-corrected chi connectivity index (χ1v) is 7.48. The quantitative estimate of drug-likeness (QED) is 0.830. The highest BCUT2D eigenvalue weighted by atomic mass is 35.5. The molecule has 1 N–H and O–H groups in total. The first kappa shape index (κ1) is 15.8. The molecule has 1 aliphatic heterocycles. The summed E-state index contributed by atoms with van der Waals surface area (Å²) in [5, 5.41) is 3.84. The lowest BCUT2D eigenvalue weighted by Crippen LogP contribution is -2.10. The molecule has 1 aliphatic rings. The van der Waals surface area contributed by atoms with E-state index in [9.17, 15) is 4.79 Å². The van der Waals surface area contributed by atoms with Crippen LogP contribution in [0.4, 0.5) is 5.69 Å². The van der Waals surface area contributed by atoms with E-state index in [2.05, 4.69) is 5.32 Å². The van der Waals surface area contributed by atoms with Gasteiger partial charge in [-0.05, 0) is 24.3 Å². The lowest BCUT2D eigenvalue weighted by molar-refractivity contribution is 0.0435. The Hall–Kier alpha value is -2.11. The summed E-state index contributed by atoms with van der Waals surface area (Å²) >= 11 is 12.2. The average molecular weight is 354 g/mol. The first-order chi connectivity index (χ1) is 11.1. The largest absolute Gasteiger partial charge is 0.493 e. The van der Waals surface area contributed by atoms with Crippen molar-refractivity contribution in [2.24, 2.45) is 0 Å². The molecule has 0 aromatic heterocycles. The van der Waals surface area contributed by atoms with Gasteiger partial charge in [0.1, 0.15) is 5.56 Å². The molecule has 0 radical (unpaired) electrons. The summed E-state index contributed by atoms with van der Waals surface area (Å²) < 4.78 is 15.9. The molecule has 0 amide bonds. The Bertz CT molecular complexity index is 779. The molecule has 3 rings (SSSR count). The highest BCUT2D eigenvalue weighted by Gasteiger charge is 2.36. The van der Waals surface area contributed by atoms with Crippen molar-refractivity contribution in [3.63, 3.8) is 0 Å². The number of esters is 1. The molecule has 1 heterocycles. The number of fused-ring (bicyclic) bond motifs is 1. The number of cyclic esters (lactones) is 1. The van der Waals surface area contributed by atoms with E-state index in [0.717, 1.165) is 0 Å². The minimum Gasteiger partial charge on any atom is -0.493 e. The van der Waals surface area contributed by atoms with Crippen LogP contribution < -0.4 is 14.8 Å². The Morgan fingerprint density at radius 1 is 1.13 bits per heavy atom. The molecule has 2 aromatic rings. The van der Waals surface area contributed by atoms with Gasteiger partial charge in [0.05, 0.1) is 30.0 Å². The number of carbonyl (C=O) groups is 1. The third-order valence-electron chi connectivity index (χ3n) is 3.53. The topological polar surface area (TPSA) is 56.8 Å². The van der Waals surface area contributed by atoms with Gasteiger partial charge in [-0.2, -0.15) is 0 Å². The number of hydrogen-bond donors (Lipinski definition) is 1. The minimum absolute atomic E-state index is 0.336. The molecule has 0 saturated heterocycles. The molecule has 23 heavy (non-hydrogen) atoms. The smallest absolute Gasteiger partial charge is 0.344 e. The van der Waals surface area contributed by atoms with Gasteiger partial charge in [0.15, 0.2) is 11.5 Å². The van der Waals surface area contributed by atoms with Crippen LogP contribution >= 0.6 is 23.2 Å². The number of hydrogen-bond acceptors (Lipinski definition) is 5. The number of nitrogens with one attached hydrogen (secondary N) is 1. The summed E-state index contributed by atoms with van der Waals surface area (Å²) in [5.74, 6) is 0.313. The highest BCUT2D eigenvalue weighted by Crippen LogP contribution is 2.43. The second kappa shape index (κ2) is 6.18. The Morgan fingerprint density at radius 3 is 2.61 bits per heavy atom. The van der Waals surface area contributed by atoms with E-state index >= 15 is 0 Å². The van der Waals surface area contributed by atoms with Crippen LogP contribution in [0.25, 0.3) is 0 Å². The van der Waals surface area contributed by atoms with Crippen LogP contribution in [0.15, 0.2) is 30.3 Å². The Balaban J connectivity index is 2.01. The van der Waals surface area contributed by atoms with Crippen LogP contribution in [0, 0.1) is 0 Å².